The maximum absolute atomic E-state index is 5.29. The molecular weight excluding hydrogens is 250 g/mol. The molecule has 1 rings (SSSR count). The van der Waals surface area contributed by atoms with Gasteiger partial charge in [-0.3, -0.25) is 0 Å². The van der Waals surface area contributed by atoms with Crippen LogP contribution in [0.15, 0.2) is 23.2 Å². The Hall–Kier alpha value is -1.71. The van der Waals surface area contributed by atoms with Crippen molar-refractivity contribution in [2.45, 2.75) is 46.7 Å². The van der Waals surface area contributed by atoms with Crippen LogP contribution in [-0.4, -0.2) is 25.2 Å². The van der Waals surface area contributed by atoms with Gasteiger partial charge in [0, 0.05) is 12.1 Å². The van der Waals surface area contributed by atoms with Crippen LogP contribution in [0.1, 0.15) is 38.8 Å². The van der Waals surface area contributed by atoms with Crippen LogP contribution in [0.4, 0.5) is 0 Å². The molecule has 0 spiro atoms. The molecular formula is C16H27N3O. The SMILES string of the molecule is CCNC(=NCc1cc(C)cc(OC)c1)NC(C)(C)C. The highest BCUT2D eigenvalue weighted by molar-refractivity contribution is 5.80. The minimum absolute atomic E-state index is 0.00863. The van der Waals surface area contributed by atoms with Crippen molar-refractivity contribution in [1.82, 2.24) is 10.6 Å². The topological polar surface area (TPSA) is 45.7 Å². The summed E-state index contributed by atoms with van der Waals surface area (Å²) in [5.41, 5.74) is 2.32. The number of hydrogen-bond acceptors (Lipinski definition) is 2. The zero-order valence-electron chi connectivity index (χ0n) is 13.5. The quantitative estimate of drug-likeness (QED) is 0.657. The molecule has 0 heterocycles. The van der Waals surface area contributed by atoms with Crippen LogP contribution in [0.2, 0.25) is 0 Å². The first-order valence-corrected chi connectivity index (χ1v) is 7.05. The van der Waals surface area contributed by atoms with E-state index < -0.39 is 0 Å². The predicted molar refractivity (Wildman–Crippen MR) is 85.4 cm³/mol. The van der Waals surface area contributed by atoms with Crippen molar-refractivity contribution in [2.75, 3.05) is 13.7 Å². The van der Waals surface area contributed by atoms with Crippen molar-refractivity contribution in [3.05, 3.63) is 29.3 Å². The molecule has 0 bridgehead atoms. The Morgan fingerprint density at radius 3 is 2.50 bits per heavy atom. The van der Waals surface area contributed by atoms with Gasteiger partial charge in [0.15, 0.2) is 5.96 Å². The zero-order valence-corrected chi connectivity index (χ0v) is 13.5. The molecule has 0 aromatic heterocycles. The minimum atomic E-state index is -0.00863. The van der Waals surface area contributed by atoms with Crippen LogP contribution >= 0.6 is 0 Å². The number of guanidine groups is 1. The third-order valence-corrected chi connectivity index (χ3v) is 2.60. The third kappa shape index (κ3) is 5.95. The molecule has 0 saturated carbocycles. The standard InChI is InChI=1S/C16H27N3O/c1-7-17-15(19-16(3,4)5)18-11-13-8-12(2)9-14(10-13)20-6/h8-10H,7,11H2,1-6H3,(H2,17,18,19). The maximum atomic E-state index is 5.29. The first-order valence-electron chi connectivity index (χ1n) is 7.05. The van der Waals surface area contributed by atoms with E-state index >= 15 is 0 Å². The second-order valence-electron chi connectivity index (χ2n) is 5.93. The number of rotatable bonds is 4. The van der Waals surface area contributed by atoms with Crippen molar-refractivity contribution in [1.29, 1.82) is 0 Å². The molecule has 1 aromatic carbocycles. The molecule has 0 saturated heterocycles. The molecule has 20 heavy (non-hydrogen) atoms. The van der Waals surface area contributed by atoms with Gasteiger partial charge in [-0.25, -0.2) is 4.99 Å². The first kappa shape index (κ1) is 16.3. The normalized spacial score (nSPS) is 12.2. The number of aryl methyl sites for hydroxylation is 1. The van der Waals surface area contributed by atoms with E-state index in [-0.39, 0.29) is 5.54 Å². The molecule has 0 fully saturated rings. The van der Waals surface area contributed by atoms with E-state index in [2.05, 4.69) is 56.3 Å². The van der Waals surface area contributed by atoms with Crippen molar-refractivity contribution in [3.8, 4) is 5.75 Å². The number of methoxy groups -OCH3 is 1. The van der Waals surface area contributed by atoms with E-state index in [9.17, 15) is 0 Å². The number of hydrogen-bond donors (Lipinski definition) is 2. The van der Waals surface area contributed by atoms with Crippen LogP contribution in [0.5, 0.6) is 5.75 Å². The maximum Gasteiger partial charge on any atom is 0.191 e. The molecule has 0 atom stereocenters. The van der Waals surface area contributed by atoms with Crippen LogP contribution in [0.3, 0.4) is 0 Å². The van der Waals surface area contributed by atoms with Crippen molar-refractivity contribution >= 4 is 5.96 Å². The summed E-state index contributed by atoms with van der Waals surface area (Å²) in [4.78, 5) is 4.62. The average molecular weight is 277 g/mol. The van der Waals surface area contributed by atoms with Crippen LogP contribution in [0, 0.1) is 6.92 Å². The summed E-state index contributed by atoms with van der Waals surface area (Å²) >= 11 is 0. The van der Waals surface area contributed by atoms with E-state index in [0.717, 1.165) is 23.8 Å². The summed E-state index contributed by atoms with van der Waals surface area (Å²) in [5.74, 6) is 1.71. The van der Waals surface area contributed by atoms with Gasteiger partial charge in [0.2, 0.25) is 0 Å². The molecule has 1 aromatic rings. The summed E-state index contributed by atoms with van der Waals surface area (Å²) in [6, 6.07) is 6.18. The highest BCUT2D eigenvalue weighted by Gasteiger charge is 2.11. The fraction of sp³-hybridized carbons (Fsp3) is 0.562. The Balaban J connectivity index is 2.83. The van der Waals surface area contributed by atoms with Gasteiger partial charge in [-0.2, -0.15) is 0 Å². The second-order valence-corrected chi connectivity index (χ2v) is 5.93. The second kappa shape index (κ2) is 7.17. The highest BCUT2D eigenvalue weighted by Crippen LogP contribution is 2.17. The fourth-order valence-corrected chi connectivity index (χ4v) is 1.87. The number of benzene rings is 1. The zero-order chi connectivity index (χ0) is 15.2. The summed E-state index contributed by atoms with van der Waals surface area (Å²) in [5, 5.41) is 6.64. The smallest absolute Gasteiger partial charge is 0.191 e. The third-order valence-electron chi connectivity index (χ3n) is 2.60. The molecule has 4 heteroatoms. The average Bonchev–Trinajstić information content (AvgIpc) is 2.34. The van der Waals surface area contributed by atoms with Crippen molar-refractivity contribution in [2.24, 2.45) is 4.99 Å². The monoisotopic (exact) mass is 277 g/mol. The van der Waals surface area contributed by atoms with Gasteiger partial charge in [-0.05, 0) is 57.9 Å². The summed E-state index contributed by atoms with van der Waals surface area (Å²) < 4.78 is 5.29. The number of ether oxygens (including phenoxy) is 1. The van der Waals surface area contributed by atoms with E-state index in [1.807, 2.05) is 12.1 Å². The number of nitrogens with zero attached hydrogens (tertiary/aromatic N) is 1. The molecule has 2 N–H and O–H groups in total. The highest BCUT2D eigenvalue weighted by atomic mass is 16.5. The molecule has 0 unspecified atom stereocenters. The van der Waals surface area contributed by atoms with Crippen molar-refractivity contribution < 1.29 is 4.74 Å². The molecule has 4 nitrogen and oxygen atoms in total. The van der Waals surface area contributed by atoms with Crippen molar-refractivity contribution in [3.63, 3.8) is 0 Å². The van der Waals surface area contributed by atoms with E-state index in [0.29, 0.717) is 6.54 Å². The molecule has 0 aliphatic rings. The Bertz CT molecular complexity index is 461. The minimum Gasteiger partial charge on any atom is -0.497 e. The number of nitrogens with one attached hydrogen (secondary N) is 2. The Morgan fingerprint density at radius 2 is 1.95 bits per heavy atom. The van der Waals surface area contributed by atoms with Gasteiger partial charge in [0.05, 0.1) is 13.7 Å². The summed E-state index contributed by atoms with van der Waals surface area (Å²) in [6.45, 7) is 12.0. The predicted octanol–water partition coefficient (Wildman–Crippen LogP) is 2.86. The lowest BCUT2D eigenvalue weighted by molar-refractivity contribution is 0.414. The Labute approximate surface area is 122 Å². The van der Waals surface area contributed by atoms with Gasteiger partial charge in [0.1, 0.15) is 5.75 Å². The molecule has 112 valence electrons. The molecule has 0 aliphatic heterocycles. The lowest BCUT2D eigenvalue weighted by atomic mass is 10.1. The number of aliphatic imine (C=N–C) groups is 1. The van der Waals surface area contributed by atoms with Gasteiger partial charge in [0.25, 0.3) is 0 Å². The molecule has 0 aliphatic carbocycles. The van der Waals surface area contributed by atoms with Gasteiger partial charge in [-0.1, -0.05) is 6.07 Å². The lowest BCUT2D eigenvalue weighted by Crippen LogP contribution is -2.47. The summed E-state index contributed by atoms with van der Waals surface area (Å²) in [7, 11) is 1.69. The largest absolute Gasteiger partial charge is 0.497 e. The van der Waals surface area contributed by atoms with Gasteiger partial charge < -0.3 is 15.4 Å². The molecule has 0 amide bonds. The molecule has 0 radical (unpaired) electrons. The Kier molecular flexibility index (Phi) is 5.86. The van der Waals surface area contributed by atoms with Crippen LogP contribution in [-0.2, 0) is 6.54 Å². The lowest BCUT2D eigenvalue weighted by Gasteiger charge is -2.23. The van der Waals surface area contributed by atoms with E-state index in [4.69, 9.17) is 4.74 Å². The first-order chi connectivity index (χ1) is 9.34. The fourth-order valence-electron chi connectivity index (χ4n) is 1.87. The van der Waals surface area contributed by atoms with Gasteiger partial charge >= 0.3 is 0 Å². The van der Waals surface area contributed by atoms with Crippen LogP contribution < -0.4 is 15.4 Å². The van der Waals surface area contributed by atoms with E-state index in [1.165, 1.54) is 5.56 Å². The van der Waals surface area contributed by atoms with Gasteiger partial charge in [-0.15, -0.1) is 0 Å². The van der Waals surface area contributed by atoms with E-state index in [1.54, 1.807) is 7.11 Å². The summed E-state index contributed by atoms with van der Waals surface area (Å²) in [6.07, 6.45) is 0. The Morgan fingerprint density at radius 1 is 1.25 bits per heavy atom. The van der Waals surface area contributed by atoms with Crippen LogP contribution in [0.25, 0.3) is 0 Å².